The van der Waals surface area contributed by atoms with Crippen LogP contribution in [0.15, 0.2) is 53.7 Å². The third-order valence-electron chi connectivity index (χ3n) is 3.42. The highest BCUT2D eigenvalue weighted by molar-refractivity contribution is 6.35. The van der Waals surface area contributed by atoms with Crippen LogP contribution in [-0.2, 0) is 13.2 Å². The average molecular weight is 342 g/mol. The first-order valence-corrected chi connectivity index (χ1v) is 7.60. The van der Waals surface area contributed by atoms with Crippen LogP contribution in [-0.4, -0.2) is 24.7 Å². The number of hydrogen-bond acceptors (Lipinski definition) is 6. The predicted molar refractivity (Wildman–Crippen MR) is 86.7 cm³/mol. The number of ether oxygens (including phenoxy) is 1. The van der Waals surface area contributed by atoms with Crippen LogP contribution >= 0.6 is 11.6 Å². The number of rotatable bonds is 5. The van der Waals surface area contributed by atoms with Crippen molar-refractivity contribution in [3.8, 4) is 5.75 Å². The zero-order valence-corrected chi connectivity index (χ0v) is 13.2. The van der Waals surface area contributed by atoms with E-state index in [0.29, 0.717) is 34.5 Å². The summed E-state index contributed by atoms with van der Waals surface area (Å²) in [4.78, 5) is 12.6. The van der Waals surface area contributed by atoms with Gasteiger partial charge in [-0.1, -0.05) is 16.8 Å². The topological polar surface area (TPSA) is 78.9 Å². The van der Waals surface area contributed by atoms with E-state index in [1.165, 1.54) is 0 Å². The summed E-state index contributed by atoms with van der Waals surface area (Å²) in [6.45, 7) is 0.652. The Morgan fingerprint density at radius 1 is 1.21 bits per heavy atom. The van der Waals surface area contributed by atoms with Gasteiger partial charge in [0, 0.05) is 24.0 Å². The van der Waals surface area contributed by atoms with E-state index in [1.54, 1.807) is 30.9 Å². The van der Waals surface area contributed by atoms with Crippen LogP contribution in [0.3, 0.4) is 0 Å². The monoisotopic (exact) mass is 341 g/mol. The van der Waals surface area contributed by atoms with E-state index in [2.05, 4.69) is 20.1 Å². The molecule has 0 saturated carbocycles. The van der Waals surface area contributed by atoms with Crippen LogP contribution in [0.4, 0.5) is 0 Å². The van der Waals surface area contributed by atoms with Crippen molar-refractivity contribution in [1.29, 1.82) is 0 Å². The van der Waals surface area contributed by atoms with E-state index >= 15 is 0 Å². The lowest BCUT2D eigenvalue weighted by atomic mass is 10.2. The van der Waals surface area contributed by atoms with Crippen molar-refractivity contribution in [3.05, 3.63) is 65.9 Å². The first-order valence-electron chi connectivity index (χ1n) is 7.23. The highest BCUT2D eigenvalue weighted by atomic mass is 35.5. The summed E-state index contributed by atoms with van der Waals surface area (Å²) in [5, 5.41) is 5.39. The number of pyridine rings is 1. The Kier molecular flexibility index (Phi) is 3.84. The Hall–Kier alpha value is -2.93. The molecule has 0 bridgehead atoms. The molecule has 3 heterocycles. The van der Waals surface area contributed by atoms with Gasteiger partial charge in [-0.25, -0.2) is 4.98 Å². The summed E-state index contributed by atoms with van der Waals surface area (Å²) in [5.74, 6) is 1.57. The van der Waals surface area contributed by atoms with E-state index in [0.717, 1.165) is 5.39 Å². The van der Waals surface area contributed by atoms with Gasteiger partial charge in [0.05, 0.1) is 17.9 Å². The molecule has 0 aliphatic heterocycles. The van der Waals surface area contributed by atoms with Gasteiger partial charge in [0.1, 0.15) is 11.3 Å². The van der Waals surface area contributed by atoms with E-state index < -0.39 is 0 Å². The van der Waals surface area contributed by atoms with E-state index in [4.69, 9.17) is 20.9 Å². The number of aromatic nitrogens is 5. The molecule has 4 rings (SSSR count). The fourth-order valence-electron chi connectivity index (χ4n) is 2.32. The summed E-state index contributed by atoms with van der Waals surface area (Å²) in [5.41, 5.74) is 0.697. The Balaban J connectivity index is 1.49. The highest BCUT2D eigenvalue weighted by Crippen LogP contribution is 2.29. The summed E-state index contributed by atoms with van der Waals surface area (Å²) in [7, 11) is 0. The first-order chi connectivity index (χ1) is 11.8. The minimum Gasteiger partial charge on any atom is -0.481 e. The van der Waals surface area contributed by atoms with Crippen molar-refractivity contribution in [2.24, 2.45) is 0 Å². The van der Waals surface area contributed by atoms with E-state index in [-0.39, 0.29) is 6.61 Å². The maximum absolute atomic E-state index is 6.17. The van der Waals surface area contributed by atoms with Crippen molar-refractivity contribution in [3.63, 3.8) is 0 Å². The van der Waals surface area contributed by atoms with E-state index in [9.17, 15) is 0 Å². The minimum absolute atomic E-state index is 0.157. The Morgan fingerprint density at radius 2 is 2.17 bits per heavy atom. The van der Waals surface area contributed by atoms with Gasteiger partial charge in [-0.2, -0.15) is 4.98 Å². The largest absolute Gasteiger partial charge is 0.481 e. The van der Waals surface area contributed by atoms with Crippen molar-refractivity contribution >= 4 is 22.5 Å². The summed E-state index contributed by atoms with van der Waals surface area (Å²) in [6, 6.07) is 7.28. The lowest BCUT2D eigenvalue weighted by Gasteiger charge is -2.07. The van der Waals surface area contributed by atoms with Crippen molar-refractivity contribution in [2.75, 3.05) is 0 Å². The van der Waals surface area contributed by atoms with Crippen LogP contribution < -0.4 is 4.74 Å². The molecule has 0 amide bonds. The Labute approximate surface area is 141 Å². The summed E-state index contributed by atoms with van der Waals surface area (Å²) in [6.07, 6.45) is 6.92. The first kappa shape index (κ1) is 14.6. The van der Waals surface area contributed by atoms with Gasteiger partial charge in [0.15, 0.2) is 12.4 Å². The molecule has 1 aromatic carbocycles. The van der Waals surface area contributed by atoms with Gasteiger partial charge in [-0.3, -0.25) is 4.98 Å². The predicted octanol–water partition coefficient (Wildman–Crippen LogP) is 3.10. The molecule has 7 nitrogen and oxygen atoms in total. The van der Waals surface area contributed by atoms with E-state index in [1.807, 2.05) is 22.9 Å². The van der Waals surface area contributed by atoms with Gasteiger partial charge in [-0.15, -0.1) is 0 Å². The molecule has 0 fully saturated rings. The third-order valence-corrected chi connectivity index (χ3v) is 3.75. The van der Waals surface area contributed by atoms with Gasteiger partial charge < -0.3 is 13.8 Å². The van der Waals surface area contributed by atoms with Gasteiger partial charge in [0.2, 0.25) is 0 Å². The second-order valence-electron chi connectivity index (χ2n) is 5.07. The van der Waals surface area contributed by atoms with Crippen molar-refractivity contribution in [1.82, 2.24) is 24.7 Å². The number of benzene rings is 1. The summed E-state index contributed by atoms with van der Waals surface area (Å²) >= 11 is 6.17. The number of nitrogens with zero attached hydrogens (tertiary/aromatic N) is 5. The normalized spacial score (nSPS) is 11.0. The molecule has 24 heavy (non-hydrogen) atoms. The maximum Gasteiger partial charge on any atom is 0.264 e. The SMILES string of the molecule is Clc1ccc(OCc2nc(Cn3ccnc3)no2)c2ncccc12. The maximum atomic E-state index is 6.17. The van der Waals surface area contributed by atoms with Crippen LogP contribution in [0.5, 0.6) is 5.75 Å². The molecule has 0 aliphatic rings. The molecule has 0 radical (unpaired) electrons. The molecular formula is C16H12ClN5O2. The third kappa shape index (κ3) is 2.93. The molecule has 0 atom stereocenters. The molecule has 3 aromatic heterocycles. The number of halogens is 1. The standard InChI is InChI=1S/C16H12ClN5O2/c17-12-3-4-13(16-11(12)2-1-5-19-16)23-9-15-20-14(21-24-15)8-22-7-6-18-10-22/h1-7,10H,8-9H2. The molecule has 0 saturated heterocycles. The van der Waals surface area contributed by atoms with Crippen LogP contribution in [0.2, 0.25) is 5.02 Å². The second kappa shape index (κ2) is 6.29. The molecule has 0 aliphatic carbocycles. The fraction of sp³-hybridized carbons (Fsp3) is 0.125. The second-order valence-corrected chi connectivity index (χ2v) is 5.48. The lowest BCUT2D eigenvalue weighted by Crippen LogP contribution is -2.00. The Bertz CT molecular complexity index is 968. The smallest absolute Gasteiger partial charge is 0.264 e. The van der Waals surface area contributed by atoms with Gasteiger partial charge >= 0.3 is 0 Å². The zero-order valence-electron chi connectivity index (χ0n) is 12.5. The molecule has 0 unspecified atom stereocenters. The van der Waals surface area contributed by atoms with Crippen LogP contribution in [0.1, 0.15) is 11.7 Å². The van der Waals surface area contributed by atoms with Gasteiger partial charge in [0.25, 0.3) is 5.89 Å². The fourth-order valence-corrected chi connectivity index (χ4v) is 2.54. The number of fused-ring (bicyclic) bond motifs is 1. The number of hydrogen-bond donors (Lipinski definition) is 0. The molecule has 0 N–H and O–H groups in total. The Morgan fingerprint density at radius 3 is 3.04 bits per heavy atom. The van der Waals surface area contributed by atoms with Gasteiger partial charge in [-0.05, 0) is 24.3 Å². The molecule has 0 spiro atoms. The van der Waals surface area contributed by atoms with Crippen molar-refractivity contribution in [2.45, 2.75) is 13.2 Å². The molecule has 4 aromatic rings. The number of imidazole rings is 1. The lowest BCUT2D eigenvalue weighted by molar-refractivity contribution is 0.244. The molecule has 120 valence electrons. The average Bonchev–Trinajstić information content (AvgIpc) is 3.27. The van der Waals surface area contributed by atoms with Crippen molar-refractivity contribution < 1.29 is 9.26 Å². The molecular weight excluding hydrogens is 330 g/mol. The zero-order chi connectivity index (χ0) is 16.4. The minimum atomic E-state index is 0.157. The molecule has 8 heteroatoms. The van der Waals surface area contributed by atoms with Crippen LogP contribution in [0, 0.1) is 0 Å². The van der Waals surface area contributed by atoms with Crippen LogP contribution in [0.25, 0.3) is 10.9 Å². The summed E-state index contributed by atoms with van der Waals surface area (Å²) < 4.78 is 12.8. The quantitative estimate of drug-likeness (QED) is 0.555. The highest BCUT2D eigenvalue weighted by Gasteiger charge is 2.10.